The third-order valence-electron chi connectivity index (χ3n) is 7.44. The molecule has 17 heteroatoms. The first-order valence-corrected chi connectivity index (χ1v) is 13.2. The zero-order valence-corrected chi connectivity index (χ0v) is 22.4. The topological polar surface area (TPSA) is 289 Å². The van der Waals surface area contributed by atoms with Crippen LogP contribution in [0.3, 0.4) is 0 Å². The number of phenolic OH excluding ortho intramolecular Hbond substituents is 4. The summed E-state index contributed by atoms with van der Waals surface area (Å²) in [6, 6.07) is 5.97. The number of benzene rings is 2. The molecule has 11 unspecified atom stereocenters. The van der Waals surface area contributed by atoms with Crippen molar-refractivity contribution >= 4 is 12.0 Å². The van der Waals surface area contributed by atoms with E-state index in [-0.39, 0.29) is 28.4 Å². The first-order valence-electron chi connectivity index (χ1n) is 13.2. The molecule has 0 spiro atoms. The summed E-state index contributed by atoms with van der Waals surface area (Å²) in [4.78, 5) is 11.6. The highest BCUT2D eigenvalue weighted by Gasteiger charge is 2.53. The van der Waals surface area contributed by atoms with Gasteiger partial charge in [-0.3, -0.25) is 0 Å². The lowest BCUT2D eigenvalue weighted by molar-refractivity contribution is -0.361. The lowest BCUT2D eigenvalue weighted by atomic mass is 9.97. The molecule has 3 heterocycles. The maximum absolute atomic E-state index is 11.6. The van der Waals surface area contributed by atoms with E-state index < -0.39 is 97.3 Å². The largest absolute Gasteiger partial charge is 0.571 e. The Balaban J connectivity index is 1.52. The molecule has 11 atom stereocenters. The number of ether oxygens (including phenoxy) is 5. The molecular formula is C27H31O17+. The number of phenols is 4. The number of hydrogen-bond acceptors (Lipinski definition) is 15. The smallest absolute Gasteiger partial charge is 0.335 e. The molecule has 12 N–H and O–H groups in total. The second-order valence-electron chi connectivity index (χ2n) is 10.4. The predicted octanol–water partition coefficient (Wildman–Crippen LogP) is -2.42. The quantitative estimate of drug-likeness (QED) is 0.112. The predicted molar refractivity (Wildman–Crippen MR) is 140 cm³/mol. The standard InChI is InChI=1S/C27H30O17/c28-7-16-17(33)19(35)24(44-26-21(37)18(34)20(36)23(43-26)25(38)39)27(42-16)41-15-6-10-12(31)4-9(29)5-14(10)40-22(15)8-1-2-11(30)13(32)3-8/h1-6,16-24,26-37H,7H2,(H,38,39)/p+1. The summed E-state index contributed by atoms with van der Waals surface area (Å²) in [7, 11) is 0. The van der Waals surface area contributed by atoms with Crippen LogP contribution >= 0.6 is 0 Å². The molecule has 0 aromatic heterocycles. The van der Waals surface area contributed by atoms with Crippen LogP contribution in [0.25, 0.3) is 6.08 Å². The van der Waals surface area contributed by atoms with Crippen molar-refractivity contribution < 1.29 is 84.7 Å². The fourth-order valence-electron chi connectivity index (χ4n) is 5.08. The van der Waals surface area contributed by atoms with Gasteiger partial charge >= 0.3 is 5.97 Å². The Kier molecular flexibility index (Phi) is 8.76. The Labute approximate surface area is 247 Å². The van der Waals surface area contributed by atoms with Gasteiger partial charge in [-0.15, -0.1) is 0 Å². The van der Waals surface area contributed by atoms with Gasteiger partial charge in [0.1, 0.15) is 53.7 Å². The molecule has 2 fully saturated rings. The number of hydrogen-bond donors (Lipinski definition) is 11. The molecule has 0 bridgehead atoms. The Morgan fingerprint density at radius 2 is 1.55 bits per heavy atom. The van der Waals surface area contributed by atoms with Crippen LogP contribution in [-0.2, 0) is 23.7 Å². The summed E-state index contributed by atoms with van der Waals surface area (Å²) in [6.07, 6.45) is -18.9. The highest BCUT2D eigenvalue weighted by molar-refractivity contribution is 5.73. The van der Waals surface area contributed by atoms with Gasteiger partial charge in [0.2, 0.25) is 6.29 Å². The summed E-state index contributed by atoms with van der Waals surface area (Å²) < 4.78 is 26.9. The van der Waals surface area contributed by atoms with Gasteiger partial charge in [0, 0.05) is 12.1 Å². The van der Waals surface area contributed by atoms with Crippen LogP contribution in [-0.4, -0.2) is 135 Å². The van der Waals surface area contributed by atoms with E-state index in [0.717, 1.165) is 12.1 Å². The van der Waals surface area contributed by atoms with E-state index in [1.54, 1.807) is 0 Å². The molecule has 240 valence electrons. The number of rotatable bonds is 7. The maximum atomic E-state index is 11.6. The van der Waals surface area contributed by atoms with Gasteiger partial charge in [-0.25, -0.2) is 4.79 Å². The zero-order valence-electron chi connectivity index (χ0n) is 22.4. The molecule has 0 saturated carbocycles. The summed E-state index contributed by atoms with van der Waals surface area (Å²) in [6.45, 7) is -0.819. The highest BCUT2D eigenvalue weighted by Crippen LogP contribution is 2.46. The van der Waals surface area contributed by atoms with Crippen LogP contribution < -0.4 is 0 Å². The third kappa shape index (κ3) is 5.80. The number of carboxylic acids is 1. The number of aliphatic hydroxyl groups excluding tert-OH is 6. The minimum absolute atomic E-state index is 0.0667. The number of carboxylic acid groups (broad SMARTS) is 1. The third-order valence-corrected chi connectivity index (χ3v) is 7.44. The van der Waals surface area contributed by atoms with Gasteiger partial charge < -0.3 is 79.9 Å². The van der Waals surface area contributed by atoms with Crippen molar-refractivity contribution in [2.24, 2.45) is 0 Å². The van der Waals surface area contributed by atoms with Gasteiger partial charge in [-0.1, -0.05) is 0 Å². The van der Waals surface area contributed by atoms with Gasteiger partial charge in [-0.05, 0) is 18.2 Å². The van der Waals surface area contributed by atoms with E-state index in [9.17, 15) is 61.0 Å². The minimum atomic E-state index is -2.06. The molecule has 17 nitrogen and oxygen atoms in total. The van der Waals surface area contributed by atoms with Crippen LogP contribution in [0, 0.1) is 0 Å². The Bertz CT molecular complexity index is 1410. The molecular weight excluding hydrogens is 596 g/mol. The highest BCUT2D eigenvalue weighted by atomic mass is 16.8. The Morgan fingerprint density at radius 3 is 2.20 bits per heavy atom. The fraction of sp³-hybridized carbons (Fsp3) is 0.444. The molecule has 0 radical (unpaired) electrons. The number of aliphatic carboxylic acids is 1. The average molecular weight is 628 g/mol. The number of aliphatic hydroxyl groups is 7. The number of aromatic hydroxyl groups is 5. The summed E-state index contributed by atoms with van der Waals surface area (Å²) in [5, 5.41) is 112. The van der Waals surface area contributed by atoms with Crippen molar-refractivity contribution in [1.29, 1.82) is 0 Å². The van der Waals surface area contributed by atoms with Crippen molar-refractivity contribution in [3.8, 4) is 28.7 Å². The van der Waals surface area contributed by atoms with E-state index in [1.807, 2.05) is 0 Å². The van der Waals surface area contributed by atoms with Crippen molar-refractivity contribution in [2.45, 2.75) is 67.5 Å². The van der Waals surface area contributed by atoms with Crippen molar-refractivity contribution in [3.05, 3.63) is 47.2 Å². The first kappa shape index (κ1) is 31.5. The second-order valence-corrected chi connectivity index (χ2v) is 10.4. The van der Waals surface area contributed by atoms with Gasteiger partial charge in [0.05, 0.1) is 18.2 Å². The first-order chi connectivity index (χ1) is 20.8. The molecule has 3 aliphatic rings. The maximum Gasteiger partial charge on any atom is 0.335 e. The fourth-order valence-corrected chi connectivity index (χ4v) is 5.08. The van der Waals surface area contributed by atoms with Gasteiger partial charge in [0.25, 0.3) is 11.9 Å². The zero-order chi connectivity index (χ0) is 32.0. The lowest BCUT2D eigenvalue weighted by Gasteiger charge is -2.45. The molecule has 5 rings (SSSR count). The Morgan fingerprint density at radius 1 is 0.818 bits per heavy atom. The number of carbonyl (C=O) groups is 1. The van der Waals surface area contributed by atoms with Gasteiger partial charge in [-0.2, -0.15) is 0 Å². The molecule has 3 aliphatic heterocycles. The Hall–Kier alpha value is -3.91. The van der Waals surface area contributed by atoms with Crippen molar-refractivity contribution in [1.82, 2.24) is 0 Å². The summed E-state index contributed by atoms with van der Waals surface area (Å²) in [5.41, 5.74) is 0.289. The SMILES string of the molecule is O=C(O)C1OC(OC2C(OC3=Cc4c(O)cc(O)cc4[OH+]C3c3ccc(O)c(O)c3)OC(CO)C(O)C2O)C(O)C(O)C1O. The van der Waals surface area contributed by atoms with Gasteiger partial charge in [0.15, 0.2) is 35.8 Å². The molecule has 2 aromatic rings. The lowest BCUT2D eigenvalue weighted by Crippen LogP contribution is -2.65. The van der Waals surface area contributed by atoms with Crippen molar-refractivity contribution in [2.75, 3.05) is 6.61 Å². The van der Waals surface area contributed by atoms with E-state index >= 15 is 0 Å². The monoisotopic (exact) mass is 627 g/mol. The van der Waals surface area contributed by atoms with Crippen LogP contribution in [0.5, 0.6) is 28.7 Å². The van der Waals surface area contributed by atoms with Crippen LogP contribution in [0.15, 0.2) is 36.1 Å². The molecule has 2 aromatic carbocycles. The molecule has 2 saturated heterocycles. The average Bonchev–Trinajstić information content (AvgIpc) is 2.97. The summed E-state index contributed by atoms with van der Waals surface area (Å²) >= 11 is 0. The second kappa shape index (κ2) is 12.2. The van der Waals surface area contributed by atoms with Crippen molar-refractivity contribution in [3.63, 3.8) is 0 Å². The van der Waals surface area contributed by atoms with E-state index in [2.05, 4.69) is 4.74 Å². The van der Waals surface area contributed by atoms with Crippen LogP contribution in [0.2, 0.25) is 0 Å². The van der Waals surface area contributed by atoms with E-state index in [4.69, 9.17) is 18.9 Å². The molecule has 0 aliphatic carbocycles. The van der Waals surface area contributed by atoms with Crippen LogP contribution in [0.4, 0.5) is 0 Å². The molecule has 0 amide bonds. The van der Waals surface area contributed by atoms with E-state index in [0.29, 0.717) is 0 Å². The van der Waals surface area contributed by atoms with Crippen LogP contribution in [0.1, 0.15) is 17.2 Å². The van der Waals surface area contributed by atoms with E-state index in [1.165, 1.54) is 24.3 Å². The molecule has 44 heavy (non-hydrogen) atoms. The minimum Gasteiger partial charge on any atom is -0.571 e. The number of fused-ring (bicyclic) bond motifs is 1. The summed E-state index contributed by atoms with van der Waals surface area (Å²) in [5.74, 6) is -3.46. The normalized spacial score (nSPS) is 35.2.